The molecule has 0 spiro atoms. The summed E-state index contributed by atoms with van der Waals surface area (Å²) in [7, 11) is -3.42. The van der Waals surface area contributed by atoms with Crippen molar-refractivity contribution >= 4 is 56.4 Å². The van der Waals surface area contributed by atoms with Gasteiger partial charge in [0.2, 0.25) is 10.0 Å². The second kappa shape index (κ2) is 8.98. The Morgan fingerprint density at radius 3 is 2.25 bits per heavy atom. The van der Waals surface area contributed by atoms with Gasteiger partial charge < -0.3 is 10.1 Å². The van der Waals surface area contributed by atoms with Crippen LogP contribution in [0.25, 0.3) is 0 Å². The zero-order chi connectivity index (χ0) is 20.3. The van der Waals surface area contributed by atoms with E-state index in [1.165, 1.54) is 16.4 Å². The molecule has 0 unspecified atom stereocenters. The third-order valence-electron chi connectivity index (χ3n) is 4.19. The van der Waals surface area contributed by atoms with E-state index in [0.717, 1.165) is 0 Å². The number of rotatable bonds is 5. The summed E-state index contributed by atoms with van der Waals surface area (Å²) < 4.78 is 31.5. The number of sulfonamides is 1. The Kier molecular flexibility index (Phi) is 6.85. The van der Waals surface area contributed by atoms with Gasteiger partial charge >= 0.3 is 0 Å². The maximum absolute atomic E-state index is 12.5. The Morgan fingerprint density at radius 2 is 1.61 bits per heavy atom. The molecule has 0 aromatic heterocycles. The average Bonchev–Trinajstić information content (AvgIpc) is 2.67. The first kappa shape index (κ1) is 21.4. The average molecular weight is 464 g/mol. The summed E-state index contributed by atoms with van der Waals surface area (Å²) in [4.78, 5) is 12.4. The van der Waals surface area contributed by atoms with Gasteiger partial charge in [0.05, 0.1) is 39.7 Å². The van der Waals surface area contributed by atoms with Crippen molar-refractivity contribution in [3.05, 3.63) is 62.6 Å². The highest BCUT2D eigenvalue weighted by molar-refractivity contribution is 7.88. The molecule has 1 heterocycles. The smallest absolute Gasteiger partial charge is 0.255 e. The molecule has 2 aromatic carbocycles. The molecule has 1 aliphatic rings. The normalized spacial score (nSPS) is 15.4. The molecule has 1 saturated heterocycles. The summed E-state index contributed by atoms with van der Waals surface area (Å²) in [5.41, 5.74) is 1.28. The molecule has 28 heavy (non-hydrogen) atoms. The fourth-order valence-electron chi connectivity index (χ4n) is 2.69. The number of nitrogens with zero attached hydrogens (tertiary/aromatic N) is 1. The van der Waals surface area contributed by atoms with E-state index >= 15 is 0 Å². The van der Waals surface area contributed by atoms with Crippen LogP contribution >= 0.6 is 34.8 Å². The highest BCUT2D eigenvalue weighted by Crippen LogP contribution is 2.32. The van der Waals surface area contributed by atoms with Gasteiger partial charge in [0, 0.05) is 18.7 Å². The van der Waals surface area contributed by atoms with Crippen LogP contribution in [0.5, 0.6) is 0 Å². The SMILES string of the molecule is O=C(Nc1cc(Cl)c(Cl)cc1Cl)c1ccc(CS(=O)(=O)N2CCOCC2)cc1. The van der Waals surface area contributed by atoms with Gasteiger partial charge in [0.15, 0.2) is 0 Å². The van der Waals surface area contributed by atoms with Crippen LogP contribution in [0.3, 0.4) is 0 Å². The molecule has 0 atom stereocenters. The molecule has 6 nitrogen and oxygen atoms in total. The van der Waals surface area contributed by atoms with Gasteiger partial charge in [-0.25, -0.2) is 8.42 Å². The minimum absolute atomic E-state index is 0.131. The number of halogens is 3. The second-order valence-corrected chi connectivity index (χ2v) is 9.36. The number of nitrogens with one attached hydrogen (secondary N) is 1. The van der Waals surface area contributed by atoms with Gasteiger partial charge in [-0.1, -0.05) is 46.9 Å². The van der Waals surface area contributed by atoms with Crippen LogP contribution < -0.4 is 5.32 Å². The molecule has 1 amide bonds. The number of anilines is 1. The van der Waals surface area contributed by atoms with Crippen LogP contribution in [-0.4, -0.2) is 44.9 Å². The van der Waals surface area contributed by atoms with Crippen molar-refractivity contribution in [1.82, 2.24) is 4.31 Å². The quantitative estimate of drug-likeness (QED) is 0.679. The zero-order valence-corrected chi connectivity index (χ0v) is 17.7. The van der Waals surface area contributed by atoms with Crippen molar-refractivity contribution in [3.8, 4) is 0 Å². The highest BCUT2D eigenvalue weighted by Gasteiger charge is 2.24. The molecule has 1 N–H and O–H groups in total. The van der Waals surface area contributed by atoms with E-state index in [9.17, 15) is 13.2 Å². The van der Waals surface area contributed by atoms with Gasteiger partial charge in [-0.15, -0.1) is 0 Å². The summed E-state index contributed by atoms with van der Waals surface area (Å²) in [6.07, 6.45) is 0. The van der Waals surface area contributed by atoms with Crippen molar-refractivity contribution in [2.24, 2.45) is 0 Å². The Labute approximate surface area is 178 Å². The van der Waals surface area contributed by atoms with Crippen LogP contribution in [0.4, 0.5) is 5.69 Å². The van der Waals surface area contributed by atoms with Gasteiger partial charge in [-0.3, -0.25) is 4.79 Å². The number of benzene rings is 2. The Balaban J connectivity index is 1.68. The lowest BCUT2D eigenvalue weighted by molar-refractivity contribution is 0.0729. The molecule has 0 radical (unpaired) electrons. The number of amides is 1. The van der Waals surface area contributed by atoms with E-state index in [1.807, 2.05) is 0 Å². The molecule has 0 saturated carbocycles. The lowest BCUT2D eigenvalue weighted by Gasteiger charge is -2.26. The number of morpholine rings is 1. The monoisotopic (exact) mass is 462 g/mol. The molecule has 1 fully saturated rings. The van der Waals surface area contributed by atoms with Gasteiger partial charge in [0.1, 0.15) is 0 Å². The van der Waals surface area contributed by atoms with Gasteiger partial charge in [-0.05, 0) is 29.8 Å². The number of carbonyl (C=O) groups is 1. The zero-order valence-electron chi connectivity index (χ0n) is 14.6. The van der Waals surface area contributed by atoms with E-state index in [2.05, 4.69) is 5.32 Å². The minimum atomic E-state index is -3.42. The van der Waals surface area contributed by atoms with E-state index in [4.69, 9.17) is 39.5 Å². The summed E-state index contributed by atoms with van der Waals surface area (Å²) in [6, 6.07) is 9.26. The van der Waals surface area contributed by atoms with Crippen LogP contribution in [0.2, 0.25) is 15.1 Å². The topological polar surface area (TPSA) is 75.7 Å². The summed E-state index contributed by atoms with van der Waals surface area (Å²) in [5.74, 6) is -0.532. The van der Waals surface area contributed by atoms with Crippen LogP contribution in [0, 0.1) is 0 Å². The summed E-state index contributed by atoms with van der Waals surface area (Å²) in [5, 5.41) is 3.48. The predicted molar refractivity (Wildman–Crippen MR) is 111 cm³/mol. The summed E-state index contributed by atoms with van der Waals surface area (Å²) >= 11 is 17.9. The Bertz CT molecular complexity index is 975. The number of hydrogen-bond donors (Lipinski definition) is 1. The van der Waals surface area contributed by atoms with E-state index in [-0.39, 0.29) is 20.8 Å². The maximum atomic E-state index is 12.5. The summed E-state index contributed by atoms with van der Waals surface area (Å²) in [6.45, 7) is 1.51. The van der Waals surface area contributed by atoms with Crippen LogP contribution in [-0.2, 0) is 20.5 Å². The van der Waals surface area contributed by atoms with Crippen molar-refractivity contribution < 1.29 is 17.9 Å². The molecular formula is C18H17Cl3N2O4S. The van der Waals surface area contributed by atoms with Gasteiger partial charge in [-0.2, -0.15) is 4.31 Å². The third kappa shape index (κ3) is 5.17. The fraction of sp³-hybridized carbons (Fsp3) is 0.278. The van der Waals surface area contributed by atoms with Crippen molar-refractivity contribution in [2.45, 2.75) is 5.75 Å². The molecule has 0 aliphatic carbocycles. The molecule has 10 heteroatoms. The van der Waals surface area contributed by atoms with Crippen LogP contribution in [0.15, 0.2) is 36.4 Å². The Morgan fingerprint density at radius 1 is 1.00 bits per heavy atom. The molecular weight excluding hydrogens is 447 g/mol. The van der Waals surface area contributed by atoms with E-state index < -0.39 is 15.9 Å². The molecule has 1 aliphatic heterocycles. The number of ether oxygens (including phenoxy) is 1. The second-order valence-electron chi connectivity index (χ2n) is 6.16. The molecule has 2 aromatic rings. The predicted octanol–water partition coefficient (Wildman–Crippen LogP) is 4.06. The molecule has 150 valence electrons. The van der Waals surface area contributed by atoms with Crippen molar-refractivity contribution in [2.75, 3.05) is 31.6 Å². The van der Waals surface area contributed by atoms with Crippen molar-refractivity contribution in [3.63, 3.8) is 0 Å². The molecule has 0 bridgehead atoms. The lowest BCUT2D eigenvalue weighted by Crippen LogP contribution is -2.41. The maximum Gasteiger partial charge on any atom is 0.255 e. The van der Waals surface area contributed by atoms with Gasteiger partial charge in [0.25, 0.3) is 5.91 Å². The first-order valence-electron chi connectivity index (χ1n) is 8.37. The lowest BCUT2D eigenvalue weighted by atomic mass is 10.1. The first-order valence-corrected chi connectivity index (χ1v) is 11.1. The fourth-order valence-corrected chi connectivity index (χ4v) is 4.79. The Hall–Kier alpha value is -1.35. The van der Waals surface area contributed by atoms with Crippen molar-refractivity contribution in [1.29, 1.82) is 0 Å². The number of hydrogen-bond acceptors (Lipinski definition) is 4. The third-order valence-corrected chi connectivity index (χ3v) is 7.07. The minimum Gasteiger partial charge on any atom is -0.379 e. The van der Waals surface area contributed by atoms with Crippen LogP contribution in [0.1, 0.15) is 15.9 Å². The van der Waals surface area contributed by atoms with E-state index in [1.54, 1.807) is 24.3 Å². The number of carbonyl (C=O) groups excluding carboxylic acids is 1. The highest BCUT2D eigenvalue weighted by atomic mass is 35.5. The first-order chi connectivity index (χ1) is 13.3. The molecule has 3 rings (SSSR count). The largest absolute Gasteiger partial charge is 0.379 e. The standard InChI is InChI=1S/C18H17Cl3N2O4S/c19-14-9-16(21)17(10-15(14)20)22-18(24)13-3-1-12(2-4-13)11-28(25,26)23-5-7-27-8-6-23/h1-4,9-10H,5-8,11H2,(H,22,24). The van der Waals surface area contributed by atoms with E-state index in [0.29, 0.717) is 43.1 Å².